The highest BCUT2D eigenvalue weighted by molar-refractivity contribution is 5.74. The quantitative estimate of drug-likeness (QED) is 0.349. The summed E-state index contributed by atoms with van der Waals surface area (Å²) in [4.78, 5) is 12.6. The third-order valence-corrected chi connectivity index (χ3v) is 5.13. The summed E-state index contributed by atoms with van der Waals surface area (Å²) in [7, 11) is 0. The SMILES string of the molecule is O=c1c2ccccc2[n+]([O-])c2n1CCC2O[C@@H]1O[C@H](CO)[C@@H](O)[C@H](O)[C@H]1O. The van der Waals surface area contributed by atoms with Gasteiger partial charge in [0.1, 0.15) is 35.3 Å². The van der Waals surface area contributed by atoms with Crippen LogP contribution in [-0.4, -0.2) is 62.3 Å². The topological polar surface area (TPSA) is 148 Å². The molecule has 27 heavy (non-hydrogen) atoms. The van der Waals surface area contributed by atoms with Crippen LogP contribution in [0.1, 0.15) is 18.3 Å². The van der Waals surface area contributed by atoms with Crippen LogP contribution >= 0.6 is 0 Å². The lowest BCUT2D eigenvalue weighted by atomic mass is 9.99. The molecule has 2 aliphatic heterocycles. The second kappa shape index (κ2) is 6.82. The number of hydrogen-bond acceptors (Lipinski definition) is 8. The number of nitrogens with zero attached hydrogens (tertiary/aromatic N) is 2. The zero-order valence-electron chi connectivity index (χ0n) is 14.2. The van der Waals surface area contributed by atoms with Gasteiger partial charge in [-0.3, -0.25) is 0 Å². The Kier molecular flexibility index (Phi) is 4.62. The lowest BCUT2D eigenvalue weighted by Crippen LogP contribution is -2.59. The molecule has 1 aromatic carbocycles. The molecule has 2 aromatic rings. The van der Waals surface area contributed by atoms with E-state index in [1.165, 1.54) is 10.6 Å². The van der Waals surface area contributed by atoms with Gasteiger partial charge in [-0.1, -0.05) is 12.1 Å². The van der Waals surface area contributed by atoms with E-state index in [-0.39, 0.29) is 23.4 Å². The maximum absolute atomic E-state index is 12.8. The maximum atomic E-state index is 12.8. The summed E-state index contributed by atoms with van der Waals surface area (Å²) in [5.41, 5.74) is -0.106. The molecule has 1 unspecified atom stereocenters. The van der Waals surface area contributed by atoms with Gasteiger partial charge in [0.25, 0.3) is 5.82 Å². The molecule has 10 nitrogen and oxygen atoms in total. The van der Waals surface area contributed by atoms with Gasteiger partial charge in [0, 0.05) is 6.42 Å². The van der Waals surface area contributed by atoms with E-state index >= 15 is 0 Å². The lowest BCUT2D eigenvalue weighted by molar-refractivity contribution is -0.596. The minimum atomic E-state index is -1.58. The second-order valence-electron chi connectivity index (χ2n) is 6.74. The number of aliphatic hydroxyl groups is 4. The molecular formula is C17H20N2O8. The summed E-state index contributed by atoms with van der Waals surface area (Å²) in [6, 6.07) is 6.43. The molecule has 1 aromatic heterocycles. The van der Waals surface area contributed by atoms with Crippen molar-refractivity contribution in [3.63, 3.8) is 0 Å². The van der Waals surface area contributed by atoms with Crippen LogP contribution in [0, 0.1) is 5.21 Å². The molecule has 1 saturated heterocycles. The first kappa shape index (κ1) is 18.3. The molecule has 0 spiro atoms. The van der Waals surface area contributed by atoms with Gasteiger partial charge in [-0.05, 0) is 12.1 Å². The number of ether oxygens (including phenoxy) is 2. The highest BCUT2D eigenvalue weighted by atomic mass is 16.7. The van der Waals surface area contributed by atoms with Crippen LogP contribution in [0.15, 0.2) is 29.1 Å². The Hall–Kier alpha value is -2.08. The number of para-hydroxylation sites is 1. The molecular weight excluding hydrogens is 360 g/mol. The summed E-state index contributed by atoms with van der Waals surface area (Å²) >= 11 is 0. The Morgan fingerprint density at radius 1 is 1.22 bits per heavy atom. The van der Waals surface area contributed by atoms with E-state index in [1.807, 2.05) is 0 Å². The molecule has 0 amide bonds. The maximum Gasteiger partial charge on any atom is 0.345 e. The monoisotopic (exact) mass is 380 g/mol. The van der Waals surface area contributed by atoms with Crippen molar-refractivity contribution in [1.82, 2.24) is 4.57 Å². The molecule has 0 aliphatic carbocycles. The molecule has 0 radical (unpaired) electrons. The van der Waals surface area contributed by atoms with Crippen molar-refractivity contribution < 1.29 is 34.6 Å². The van der Waals surface area contributed by atoms with Crippen molar-refractivity contribution in [3.05, 3.63) is 45.7 Å². The van der Waals surface area contributed by atoms with Gasteiger partial charge in [0.05, 0.1) is 13.2 Å². The molecule has 6 atom stereocenters. The fraction of sp³-hybridized carbons (Fsp3) is 0.529. The van der Waals surface area contributed by atoms with E-state index in [4.69, 9.17) is 9.47 Å². The summed E-state index contributed by atoms with van der Waals surface area (Å²) in [5.74, 6) is 0.0793. The molecule has 1 fully saturated rings. The van der Waals surface area contributed by atoms with Gasteiger partial charge in [0.15, 0.2) is 12.4 Å². The van der Waals surface area contributed by atoms with Crippen LogP contribution in [0.5, 0.6) is 0 Å². The normalized spacial score (nSPS) is 33.3. The summed E-state index contributed by atoms with van der Waals surface area (Å²) in [6.45, 7) is -0.332. The van der Waals surface area contributed by atoms with Crippen molar-refractivity contribution in [2.75, 3.05) is 6.61 Å². The molecule has 0 saturated carbocycles. The van der Waals surface area contributed by atoms with Crippen LogP contribution in [0.4, 0.5) is 0 Å². The van der Waals surface area contributed by atoms with Gasteiger partial charge in [-0.2, -0.15) is 4.57 Å². The summed E-state index contributed by atoms with van der Waals surface area (Å²) in [6.07, 6.45) is -7.72. The molecule has 2 aliphatic rings. The van der Waals surface area contributed by atoms with E-state index in [9.17, 15) is 30.4 Å². The van der Waals surface area contributed by atoms with E-state index in [0.717, 1.165) is 0 Å². The fourth-order valence-corrected chi connectivity index (χ4v) is 3.68. The highest BCUT2D eigenvalue weighted by Crippen LogP contribution is 2.31. The van der Waals surface area contributed by atoms with Crippen molar-refractivity contribution in [3.8, 4) is 0 Å². The zero-order chi connectivity index (χ0) is 19.3. The highest BCUT2D eigenvalue weighted by Gasteiger charge is 2.47. The first-order valence-electron chi connectivity index (χ1n) is 8.65. The second-order valence-corrected chi connectivity index (χ2v) is 6.74. The largest absolute Gasteiger partial charge is 0.710 e. The van der Waals surface area contributed by atoms with Gasteiger partial charge < -0.3 is 35.1 Å². The van der Waals surface area contributed by atoms with Crippen LogP contribution in [0.25, 0.3) is 10.9 Å². The Bertz CT molecular complexity index is 914. The number of hydrogen-bond donors (Lipinski definition) is 4. The molecule has 10 heteroatoms. The third kappa shape index (κ3) is 2.81. The van der Waals surface area contributed by atoms with Crippen molar-refractivity contribution in [2.24, 2.45) is 0 Å². The smallest absolute Gasteiger partial charge is 0.345 e. The standard InChI is InChI=1S/C17H20N2O8/c20-7-11-12(21)13(22)14(23)17(27-11)26-10-5-6-18-15(10)19(25)9-4-2-1-3-8(9)16(18)24/h1-4,10-14,17,20-23H,5-7H2/t10?,11-,12-,13+,14-,17-/m1/s1. The minimum absolute atomic E-state index is 0.0793. The molecule has 146 valence electrons. The number of benzene rings is 1. The van der Waals surface area contributed by atoms with Gasteiger partial charge in [-0.25, -0.2) is 9.52 Å². The van der Waals surface area contributed by atoms with Crippen LogP contribution in [0.2, 0.25) is 0 Å². The number of aliphatic hydroxyl groups excluding tert-OH is 4. The predicted octanol–water partition coefficient (Wildman–Crippen LogP) is -2.10. The predicted molar refractivity (Wildman–Crippen MR) is 89.4 cm³/mol. The number of fused-ring (bicyclic) bond motifs is 2. The summed E-state index contributed by atoms with van der Waals surface area (Å²) in [5, 5.41) is 52.2. The van der Waals surface area contributed by atoms with Crippen molar-refractivity contribution in [2.45, 2.75) is 49.8 Å². The van der Waals surface area contributed by atoms with Crippen LogP contribution in [-0.2, 0) is 16.0 Å². The minimum Gasteiger partial charge on any atom is -0.710 e. The first-order valence-corrected chi connectivity index (χ1v) is 8.65. The van der Waals surface area contributed by atoms with Crippen molar-refractivity contribution in [1.29, 1.82) is 0 Å². The Labute approximate surface area is 153 Å². The Balaban J connectivity index is 1.68. The lowest BCUT2D eigenvalue weighted by Gasteiger charge is -2.40. The first-order chi connectivity index (χ1) is 12.9. The summed E-state index contributed by atoms with van der Waals surface area (Å²) < 4.78 is 13.0. The average Bonchev–Trinajstić information content (AvgIpc) is 3.10. The fourth-order valence-electron chi connectivity index (χ4n) is 3.68. The molecule has 4 N–H and O–H groups in total. The van der Waals surface area contributed by atoms with E-state index < -0.39 is 43.4 Å². The van der Waals surface area contributed by atoms with E-state index in [0.29, 0.717) is 16.5 Å². The molecule has 3 heterocycles. The zero-order valence-corrected chi connectivity index (χ0v) is 14.2. The van der Waals surface area contributed by atoms with E-state index in [2.05, 4.69) is 0 Å². The number of aromatic nitrogens is 2. The van der Waals surface area contributed by atoms with Crippen LogP contribution < -0.4 is 10.3 Å². The Morgan fingerprint density at radius 3 is 2.70 bits per heavy atom. The van der Waals surface area contributed by atoms with Crippen LogP contribution in [0.3, 0.4) is 0 Å². The molecule has 4 rings (SSSR count). The van der Waals surface area contributed by atoms with Gasteiger partial charge in [0.2, 0.25) is 0 Å². The Morgan fingerprint density at radius 2 is 1.96 bits per heavy atom. The van der Waals surface area contributed by atoms with Gasteiger partial charge in [-0.15, -0.1) is 0 Å². The van der Waals surface area contributed by atoms with Crippen molar-refractivity contribution >= 4 is 10.9 Å². The average molecular weight is 380 g/mol. The number of rotatable bonds is 3. The van der Waals surface area contributed by atoms with E-state index in [1.54, 1.807) is 18.2 Å². The third-order valence-electron chi connectivity index (χ3n) is 5.13. The van der Waals surface area contributed by atoms with Gasteiger partial charge >= 0.3 is 5.56 Å². The molecule has 0 bridgehead atoms.